The van der Waals surface area contributed by atoms with Gasteiger partial charge in [0.05, 0.1) is 6.10 Å². The number of rotatable bonds is 5. The van der Waals surface area contributed by atoms with Crippen LogP contribution in [0.4, 0.5) is 4.39 Å². The van der Waals surface area contributed by atoms with Gasteiger partial charge in [-0.1, -0.05) is 19.1 Å². The smallest absolute Gasteiger partial charge is 0.246 e. The molecule has 94 valence electrons. The summed E-state index contributed by atoms with van der Waals surface area (Å²) >= 11 is 0. The van der Waals surface area contributed by atoms with Gasteiger partial charge in [0, 0.05) is 13.0 Å². The minimum absolute atomic E-state index is 0.303. The number of carbonyl (C=O) groups is 1. The van der Waals surface area contributed by atoms with Crippen LogP contribution in [0, 0.1) is 11.7 Å². The molecule has 4 nitrogen and oxygen atoms in total. The van der Waals surface area contributed by atoms with Gasteiger partial charge in [0.15, 0.2) is 0 Å². The van der Waals surface area contributed by atoms with Crippen molar-refractivity contribution in [1.29, 1.82) is 0 Å². The van der Waals surface area contributed by atoms with Crippen molar-refractivity contribution in [2.75, 3.05) is 7.11 Å². The van der Waals surface area contributed by atoms with Gasteiger partial charge in [0.1, 0.15) is 5.82 Å². The van der Waals surface area contributed by atoms with Crippen LogP contribution < -0.4 is 5.48 Å². The average Bonchev–Trinajstić information content (AvgIpc) is 2.35. The van der Waals surface area contributed by atoms with Gasteiger partial charge < -0.3 is 4.74 Å². The number of ether oxygens (including phenoxy) is 1. The Morgan fingerprint density at radius 1 is 1.47 bits per heavy atom. The lowest BCUT2D eigenvalue weighted by molar-refractivity contribution is -0.134. The highest BCUT2D eigenvalue weighted by Crippen LogP contribution is 2.24. The van der Waals surface area contributed by atoms with Crippen LogP contribution >= 0.6 is 0 Å². The van der Waals surface area contributed by atoms with E-state index < -0.39 is 11.8 Å². The molecule has 2 atom stereocenters. The average molecular weight is 241 g/mol. The third-order valence-corrected chi connectivity index (χ3v) is 2.65. The largest absolute Gasteiger partial charge is 0.377 e. The van der Waals surface area contributed by atoms with Gasteiger partial charge in [-0.25, -0.2) is 9.87 Å². The normalized spacial score (nSPS) is 14.1. The van der Waals surface area contributed by atoms with E-state index in [1.807, 2.05) is 0 Å². The summed E-state index contributed by atoms with van der Waals surface area (Å²) in [5.74, 6) is -1.17. The Bertz CT molecular complexity index is 367. The monoisotopic (exact) mass is 241 g/mol. The number of halogens is 1. The van der Waals surface area contributed by atoms with E-state index in [4.69, 9.17) is 9.94 Å². The lowest BCUT2D eigenvalue weighted by atomic mass is 9.97. The van der Waals surface area contributed by atoms with Crippen molar-refractivity contribution in [3.8, 4) is 0 Å². The maximum absolute atomic E-state index is 12.8. The molecule has 1 rings (SSSR count). The highest BCUT2D eigenvalue weighted by atomic mass is 19.1. The second-order valence-electron chi connectivity index (χ2n) is 3.89. The van der Waals surface area contributed by atoms with Crippen LogP contribution in [0.2, 0.25) is 0 Å². The highest BCUT2D eigenvalue weighted by Gasteiger charge is 2.19. The number of hydroxylamine groups is 1. The lowest BCUT2D eigenvalue weighted by Crippen LogP contribution is -2.27. The standard InChI is InChI=1S/C12H16FNO3/c1-8(12(15)14-16)7-11(17-2)9-3-5-10(13)6-4-9/h3-6,8,11,16H,7H2,1-2H3,(H,14,15)/t8-,11+/m0/s1. The molecular weight excluding hydrogens is 225 g/mol. The lowest BCUT2D eigenvalue weighted by Gasteiger charge is -2.19. The second-order valence-corrected chi connectivity index (χ2v) is 3.89. The van der Waals surface area contributed by atoms with Gasteiger partial charge >= 0.3 is 0 Å². The van der Waals surface area contributed by atoms with Gasteiger partial charge in [-0.2, -0.15) is 0 Å². The number of hydrogen-bond acceptors (Lipinski definition) is 3. The Balaban J connectivity index is 2.71. The predicted octanol–water partition coefficient (Wildman–Crippen LogP) is 2.04. The van der Waals surface area contributed by atoms with E-state index >= 15 is 0 Å². The zero-order valence-corrected chi connectivity index (χ0v) is 9.81. The third-order valence-electron chi connectivity index (χ3n) is 2.65. The SMILES string of the molecule is CO[C@H](C[C@H](C)C(=O)NO)c1ccc(F)cc1. The summed E-state index contributed by atoms with van der Waals surface area (Å²) in [5.41, 5.74) is 2.40. The van der Waals surface area contributed by atoms with Gasteiger partial charge in [-0.05, 0) is 24.1 Å². The van der Waals surface area contributed by atoms with E-state index in [9.17, 15) is 9.18 Å². The summed E-state index contributed by atoms with van der Waals surface area (Å²) < 4.78 is 18.0. The fourth-order valence-corrected chi connectivity index (χ4v) is 1.58. The third kappa shape index (κ3) is 3.80. The van der Waals surface area contributed by atoms with E-state index in [1.165, 1.54) is 19.2 Å². The first kappa shape index (κ1) is 13.6. The van der Waals surface area contributed by atoms with Crippen LogP contribution in [-0.2, 0) is 9.53 Å². The molecule has 5 heteroatoms. The van der Waals surface area contributed by atoms with E-state index in [1.54, 1.807) is 24.5 Å². The van der Waals surface area contributed by atoms with Gasteiger partial charge in [-0.15, -0.1) is 0 Å². The molecule has 0 aliphatic carbocycles. The number of carbonyl (C=O) groups excluding carboxylic acids is 1. The fraction of sp³-hybridized carbons (Fsp3) is 0.417. The molecule has 0 saturated carbocycles. The molecular formula is C12H16FNO3. The highest BCUT2D eigenvalue weighted by molar-refractivity contribution is 5.76. The summed E-state index contributed by atoms with van der Waals surface area (Å²) in [4.78, 5) is 11.2. The summed E-state index contributed by atoms with van der Waals surface area (Å²) in [6.45, 7) is 1.68. The molecule has 1 aromatic rings. The molecule has 0 heterocycles. The predicted molar refractivity (Wildman–Crippen MR) is 59.9 cm³/mol. The Morgan fingerprint density at radius 3 is 2.53 bits per heavy atom. The van der Waals surface area contributed by atoms with Crippen molar-refractivity contribution >= 4 is 5.91 Å². The Morgan fingerprint density at radius 2 is 2.06 bits per heavy atom. The number of benzene rings is 1. The van der Waals surface area contributed by atoms with E-state index in [-0.39, 0.29) is 11.9 Å². The molecule has 0 aliphatic rings. The second kappa shape index (κ2) is 6.32. The molecule has 0 bridgehead atoms. The Labute approximate surface area is 99.4 Å². The van der Waals surface area contributed by atoms with Crippen molar-refractivity contribution in [3.63, 3.8) is 0 Å². The van der Waals surface area contributed by atoms with Crippen molar-refractivity contribution in [1.82, 2.24) is 5.48 Å². The number of amides is 1. The minimum Gasteiger partial charge on any atom is -0.377 e. The van der Waals surface area contributed by atoms with E-state index in [0.717, 1.165) is 5.56 Å². The first-order valence-corrected chi connectivity index (χ1v) is 5.30. The Hall–Kier alpha value is -1.46. The van der Waals surface area contributed by atoms with Crippen LogP contribution in [0.15, 0.2) is 24.3 Å². The molecule has 0 aliphatic heterocycles. The minimum atomic E-state index is -0.464. The molecule has 0 saturated heterocycles. The molecule has 0 unspecified atom stereocenters. The van der Waals surface area contributed by atoms with Crippen molar-refractivity contribution in [2.24, 2.45) is 5.92 Å². The van der Waals surface area contributed by atoms with E-state index in [2.05, 4.69) is 0 Å². The van der Waals surface area contributed by atoms with Crippen LogP contribution in [0.5, 0.6) is 0 Å². The summed E-state index contributed by atoms with van der Waals surface area (Å²) in [6, 6.07) is 5.93. The number of nitrogens with one attached hydrogen (secondary N) is 1. The Kier molecular flexibility index (Phi) is 5.06. The molecule has 0 aromatic heterocycles. The quantitative estimate of drug-likeness (QED) is 0.612. The van der Waals surface area contributed by atoms with Crippen LogP contribution in [0.1, 0.15) is 25.0 Å². The topological polar surface area (TPSA) is 58.6 Å². The molecule has 1 amide bonds. The van der Waals surface area contributed by atoms with Gasteiger partial charge in [0.25, 0.3) is 0 Å². The summed E-state index contributed by atoms with van der Waals surface area (Å²) in [6.07, 6.45) is 0.108. The van der Waals surface area contributed by atoms with Crippen molar-refractivity contribution in [2.45, 2.75) is 19.4 Å². The first-order chi connectivity index (χ1) is 8.08. The number of hydrogen-bond donors (Lipinski definition) is 2. The zero-order chi connectivity index (χ0) is 12.8. The molecule has 2 N–H and O–H groups in total. The maximum atomic E-state index is 12.8. The first-order valence-electron chi connectivity index (χ1n) is 5.30. The van der Waals surface area contributed by atoms with Crippen LogP contribution in [0.25, 0.3) is 0 Å². The maximum Gasteiger partial charge on any atom is 0.246 e. The number of methoxy groups -OCH3 is 1. The molecule has 17 heavy (non-hydrogen) atoms. The molecule has 0 radical (unpaired) electrons. The van der Waals surface area contributed by atoms with Gasteiger partial charge in [-0.3, -0.25) is 10.0 Å². The van der Waals surface area contributed by atoms with Gasteiger partial charge in [0.2, 0.25) is 5.91 Å². The van der Waals surface area contributed by atoms with Crippen molar-refractivity contribution < 1.29 is 19.1 Å². The summed E-state index contributed by atoms with van der Waals surface area (Å²) in [5, 5.41) is 8.51. The van der Waals surface area contributed by atoms with Crippen molar-refractivity contribution in [3.05, 3.63) is 35.6 Å². The van der Waals surface area contributed by atoms with Crippen LogP contribution in [-0.4, -0.2) is 18.2 Å². The fourth-order valence-electron chi connectivity index (χ4n) is 1.58. The van der Waals surface area contributed by atoms with E-state index in [0.29, 0.717) is 6.42 Å². The molecule has 0 spiro atoms. The zero-order valence-electron chi connectivity index (χ0n) is 9.81. The summed E-state index contributed by atoms with van der Waals surface area (Å²) in [7, 11) is 1.53. The molecule has 1 aromatic carbocycles. The van der Waals surface area contributed by atoms with Crippen LogP contribution in [0.3, 0.4) is 0 Å². The molecule has 0 fully saturated rings.